The van der Waals surface area contributed by atoms with Gasteiger partial charge in [-0.15, -0.1) is 0 Å². The van der Waals surface area contributed by atoms with Crippen molar-refractivity contribution in [2.75, 3.05) is 0 Å². The van der Waals surface area contributed by atoms with Crippen LogP contribution in [0.4, 0.5) is 0 Å². The zero-order valence-electron chi connectivity index (χ0n) is 11.8. The summed E-state index contributed by atoms with van der Waals surface area (Å²) in [6.07, 6.45) is 0. The normalized spacial score (nSPS) is 11.3. The summed E-state index contributed by atoms with van der Waals surface area (Å²) < 4.78 is 5.44. The smallest absolute Gasteiger partial charge is 0.167 e. The van der Waals surface area contributed by atoms with Gasteiger partial charge >= 0.3 is 0 Å². The molecule has 1 N–H and O–H groups in total. The van der Waals surface area contributed by atoms with Gasteiger partial charge in [0.15, 0.2) is 5.76 Å². The summed E-state index contributed by atoms with van der Waals surface area (Å²) >= 11 is 0. The molecule has 0 spiro atoms. The van der Waals surface area contributed by atoms with Gasteiger partial charge in [-0.3, -0.25) is 0 Å². The third-order valence-corrected chi connectivity index (χ3v) is 3.28. The lowest BCUT2D eigenvalue weighted by molar-refractivity contribution is 0.417. The Kier molecular flexibility index (Phi) is 3.52. The van der Waals surface area contributed by atoms with E-state index in [0.717, 1.165) is 23.6 Å². The first-order chi connectivity index (χ1) is 9.72. The largest absolute Gasteiger partial charge is 0.356 e. The average molecular weight is 266 g/mol. The molecule has 0 radical (unpaired) electrons. The van der Waals surface area contributed by atoms with Crippen LogP contribution in [-0.2, 0) is 6.54 Å². The molecule has 3 rings (SSSR count). The minimum absolute atomic E-state index is 0.441. The monoisotopic (exact) mass is 266 g/mol. The number of rotatable bonds is 4. The van der Waals surface area contributed by atoms with Crippen molar-refractivity contribution in [3.8, 4) is 11.3 Å². The lowest BCUT2D eigenvalue weighted by Crippen LogP contribution is -2.21. The third kappa shape index (κ3) is 2.73. The van der Waals surface area contributed by atoms with Crippen LogP contribution in [0.2, 0.25) is 0 Å². The van der Waals surface area contributed by atoms with Crippen molar-refractivity contribution in [3.63, 3.8) is 0 Å². The lowest BCUT2D eigenvalue weighted by Gasteiger charge is -2.03. The fourth-order valence-corrected chi connectivity index (χ4v) is 2.18. The molecule has 1 heterocycles. The standard InChI is InChI=1S/C17H18N2O/c1-12(2)18-11-16-10-17(20-19-16)15-8-7-13-5-3-4-6-14(13)9-15/h3-10,12,18H,11H2,1-2H3. The molecule has 1 aromatic heterocycles. The van der Waals surface area contributed by atoms with Crippen molar-refractivity contribution >= 4 is 10.8 Å². The maximum Gasteiger partial charge on any atom is 0.167 e. The summed E-state index contributed by atoms with van der Waals surface area (Å²) in [5, 5.41) is 9.89. The molecule has 3 nitrogen and oxygen atoms in total. The van der Waals surface area contributed by atoms with E-state index >= 15 is 0 Å². The highest BCUT2D eigenvalue weighted by molar-refractivity contribution is 5.86. The van der Waals surface area contributed by atoms with Gasteiger partial charge in [-0.05, 0) is 16.8 Å². The molecule has 0 saturated heterocycles. The molecule has 102 valence electrons. The zero-order chi connectivity index (χ0) is 13.9. The van der Waals surface area contributed by atoms with Gasteiger partial charge in [0.05, 0.1) is 5.69 Å². The van der Waals surface area contributed by atoms with Crippen molar-refractivity contribution in [2.45, 2.75) is 26.4 Å². The Labute approximate surface area is 118 Å². The lowest BCUT2D eigenvalue weighted by atomic mass is 10.1. The van der Waals surface area contributed by atoms with Gasteiger partial charge in [0, 0.05) is 24.2 Å². The van der Waals surface area contributed by atoms with Gasteiger partial charge in [0.2, 0.25) is 0 Å². The number of hydrogen-bond acceptors (Lipinski definition) is 3. The van der Waals surface area contributed by atoms with Crippen molar-refractivity contribution in [1.82, 2.24) is 10.5 Å². The van der Waals surface area contributed by atoms with Gasteiger partial charge in [0.25, 0.3) is 0 Å². The molecule has 0 bridgehead atoms. The summed E-state index contributed by atoms with van der Waals surface area (Å²) in [6.45, 7) is 4.96. The first kappa shape index (κ1) is 12.9. The number of hydrogen-bond donors (Lipinski definition) is 1. The van der Waals surface area contributed by atoms with Crippen LogP contribution < -0.4 is 5.32 Å². The van der Waals surface area contributed by atoms with Crippen molar-refractivity contribution < 1.29 is 4.52 Å². The minimum atomic E-state index is 0.441. The van der Waals surface area contributed by atoms with E-state index in [2.05, 4.69) is 54.7 Å². The van der Waals surface area contributed by atoms with E-state index in [1.165, 1.54) is 10.8 Å². The van der Waals surface area contributed by atoms with Crippen LogP contribution in [0, 0.1) is 0 Å². The molecule has 3 aromatic rings. The van der Waals surface area contributed by atoms with Crippen LogP contribution in [0.25, 0.3) is 22.1 Å². The Bertz CT molecular complexity index is 716. The summed E-state index contributed by atoms with van der Waals surface area (Å²) in [7, 11) is 0. The van der Waals surface area contributed by atoms with Crippen LogP contribution in [0.15, 0.2) is 53.1 Å². The number of fused-ring (bicyclic) bond motifs is 1. The highest BCUT2D eigenvalue weighted by Gasteiger charge is 2.07. The van der Waals surface area contributed by atoms with Gasteiger partial charge in [-0.1, -0.05) is 55.4 Å². The molecule has 0 aliphatic heterocycles. The maximum atomic E-state index is 5.44. The fraction of sp³-hybridized carbons (Fsp3) is 0.235. The van der Waals surface area contributed by atoms with E-state index in [0.29, 0.717) is 6.04 Å². The third-order valence-electron chi connectivity index (χ3n) is 3.28. The predicted molar refractivity (Wildman–Crippen MR) is 81.4 cm³/mol. The molecule has 0 atom stereocenters. The van der Waals surface area contributed by atoms with Crippen molar-refractivity contribution in [3.05, 3.63) is 54.2 Å². The Hall–Kier alpha value is -2.13. The van der Waals surface area contributed by atoms with Gasteiger partial charge in [-0.2, -0.15) is 0 Å². The van der Waals surface area contributed by atoms with E-state index in [1.807, 2.05) is 18.2 Å². The molecule has 0 amide bonds. The van der Waals surface area contributed by atoms with E-state index in [9.17, 15) is 0 Å². The molecule has 0 saturated carbocycles. The summed E-state index contributed by atoms with van der Waals surface area (Å²) in [4.78, 5) is 0. The zero-order valence-corrected chi connectivity index (χ0v) is 11.8. The van der Waals surface area contributed by atoms with Crippen LogP contribution in [-0.4, -0.2) is 11.2 Å². The van der Waals surface area contributed by atoms with E-state index in [-0.39, 0.29) is 0 Å². The molecule has 0 fully saturated rings. The first-order valence-corrected chi connectivity index (χ1v) is 6.90. The summed E-state index contributed by atoms with van der Waals surface area (Å²) in [5.74, 6) is 0.816. The second-order valence-electron chi connectivity index (χ2n) is 5.28. The van der Waals surface area contributed by atoms with E-state index in [4.69, 9.17) is 4.52 Å². The highest BCUT2D eigenvalue weighted by atomic mass is 16.5. The Morgan fingerprint density at radius 3 is 2.65 bits per heavy atom. The average Bonchev–Trinajstić information content (AvgIpc) is 2.93. The second-order valence-corrected chi connectivity index (χ2v) is 5.28. The van der Waals surface area contributed by atoms with Gasteiger partial charge < -0.3 is 9.84 Å². The molecule has 0 unspecified atom stereocenters. The first-order valence-electron chi connectivity index (χ1n) is 6.90. The highest BCUT2D eigenvalue weighted by Crippen LogP contribution is 2.25. The number of aromatic nitrogens is 1. The second kappa shape index (κ2) is 5.47. The molecule has 0 aliphatic carbocycles. The maximum absolute atomic E-state index is 5.44. The molecular weight excluding hydrogens is 248 g/mol. The molecule has 2 aromatic carbocycles. The van der Waals surface area contributed by atoms with Crippen LogP contribution in [0.5, 0.6) is 0 Å². The number of benzene rings is 2. The quantitative estimate of drug-likeness (QED) is 0.775. The minimum Gasteiger partial charge on any atom is -0.356 e. The van der Waals surface area contributed by atoms with E-state index < -0.39 is 0 Å². The van der Waals surface area contributed by atoms with Crippen molar-refractivity contribution in [1.29, 1.82) is 0 Å². The molecule has 20 heavy (non-hydrogen) atoms. The number of nitrogens with one attached hydrogen (secondary N) is 1. The SMILES string of the molecule is CC(C)NCc1cc(-c2ccc3ccccc3c2)on1. The fourth-order valence-electron chi connectivity index (χ4n) is 2.18. The number of nitrogens with zero attached hydrogens (tertiary/aromatic N) is 1. The van der Waals surface area contributed by atoms with Gasteiger partial charge in [0.1, 0.15) is 0 Å². The molecule has 3 heteroatoms. The summed E-state index contributed by atoms with van der Waals surface area (Å²) in [6, 6.07) is 17.1. The van der Waals surface area contributed by atoms with Crippen LogP contribution in [0.1, 0.15) is 19.5 Å². The Balaban J connectivity index is 1.87. The van der Waals surface area contributed by atoms with Crippen LogP contribution >= 0.6 is 0 Å². The topological polar surface area (TPSA) is 38.1 Å². The van der Waals surface area contributed by atoms with Gasteiger partial charge in [-0.25, -0.2) is 0 Å². The van der Waals surface area contributed by atoms with Crippen LogP contribution in [0.3, 0.4) is 0 Å². The van der Waals surface area contributed by atoms with Crippen molar-refractivity contribution in [2.24, 2.45) is 0 Å². The van der Waals surface area contributed by atoms with E-state index in [1.54, 1.807) is 0 Å². The molecular formula is C17H18N2O. The predicted octanol–water partition coefficient (Wildman–Crippen LogP) is 3.99. The summed E-state index contributed by atoms with van der Waals surface area (Å²) in [5.41, 5.74) is 1.99. The Morgan fingerprint density at radius 1 is 1.05 bits per heavy atom. The Morgan fingerprint density at radius 2 is 1.85 bits per heavy atom. The molecule has 0 aliphatic rings.